The Bertz CT molecular complexity index is 505. The van der Waals surface area contributed by atoms with Crippen LogP contribution in [0, 0.1) is 17.8 Å². The molecule has 0 nitrogen and oxygen atoms in total. The van der Waals surface area contributed by atoms with Crippen molar-refractivity contribution in [1.29, 1.82) is 0 Å². The van der Waals surface area contributed by atoms with Gasteiger partial charge < -0.3 is 0 Å². The minimum absolute atomic E-state index is 0.215. The molecular formula is C22H30BrF. The van der Waals surface area contributed by atoms with Crippen LogP contribution in [0.1, 0.15) is 69.3 Å². The van der Waals surface area contributed by atoms with Crippen LogP contribution >= 0.6 is 15.9 Å². The number of halogens is 2. The molecule has 0 bridgehead atoms. The van der Waals surface area contributed by atoms with Crippen molar-refractivity contribution in [1.82, 2.24) is 0 Å². The zero-order valence-electron chi connectivity index (χ0n) is 14.6. The summed E-state index contributed by atoms with van der Waals surface area (Å²) in [5.41, 5.74) is 1.53. The molecule has 0 heterocycles. The van der Waals surface area contributed by atoms with Crippen molar-refractivity contribution >= 4 is 15.9 Å². The zero-order chi connectivity index (χ0) is 16.8. The van der Waals surface area contributed by atoms with Crippen LogP contribution in [0.3, 0.4) is 0 Å². The molecule has 0 amide bonds. The molecule has 24 heavy (non-hydrogen) atoms. The standard InChI is InChI=1S/C22H30BrF/c23-22-14-12-21(13-15-22)20-10-8-19(9-11-20)18-6-4-17(5-7-18)3-1-2-16-24/h1,3,12-15,17-20H,2,4-11,16H2. The topological polar surface area (TPSA) is 0 Å². The van der Waals surface area contributed by atoms with Crippen molar-refractivity contribution in [3.05, 3.63) is 46.5 Å². The Morgan fingerprint density at radius 3 is 2.04 bits per heavy atom. The van der Waals surface area contributed by atoms with Gasteiger partial charge in [-0.2, -0.15) is 0 Å². The molecule has 2 saturated carbocycles. The number of hydrogen-bond acceptors (Lipinski definition) is 0. The van der Waals surface area contributed by atoms with Gasteiger partial charge in [-0.25, -0.2) is 0 Å². The average Bonchev–Trinajstić information content (AvgIpc) is 2.63. The highest BCUT2D eigenvalue weighted by molar-refractivity contribution is 9.10. The van der Waals surface area contributed by atoms with Crippen LogP contribution in [0.4, 0.5) is 4.39 Å². The van der Waals surface area contributed by atoms with Gasteiger partial charge in [0.2, 0.25) is 0 Å². The van der Waals surface area contributed by atoms with Gasteiger partial charge in [0.15, 0.2) is 0 Å². The lowest BCUT2D eigenvalue weighted by molar-refractivity contribution is 0.171. The maximum Gasteiger partial charge on any atom is 0.0928 e. The van der Waals surface area contributed by atoms with Crippen molar-refractivity contribution in [2.75, 3.05) is 6.67 Å². The molecule has 0 N–H and O–H groups in total. The summed E-state index contributed by atoms with van der Waals surface area (Å²) < 4.78 is 13.4. The molecular weight excluding hydrogens is 363 g/mol. The van der Waals surface area contributed by atoms with Crippen LogP contribution in [0.15, 0.2) is 40.9 Å². The third-order valence-electron chi connectivity index (χ3n) is 6.28. The maximum absolute atomic E-state index is 12.2. The Morgan fingerprint density at radius 2 is 1.46 bits per heavy atom. The van der Waals surface area contributed by atoms with Gasteiger partial charge in [-0.3, -0.25) is 4.39 Å². The Kier molecular flexibility index (Phi) is 6.95. The molecule has 0 aromatic heterocycles. The first kappa shape index (κ1) is 18.2. The lowest BCUT2D eigenvalue weighted by Crippen LogP contribution is -2.25. The smallest absolute Gasteiger partial charge is 0.0928 e. The van der Waals surface area contributed by atoms with E-state index in [1.54, 1.807) is 0 Å². The fourth-order valence-electron chi connectivity index (χ4n) is 4.82. The zero-order valence-corrected chi connectivity index (χ0v) is 16.2. The summed E-state index contributed by atoms with van der Waals surface area (Å²) >= 11 is 3.53. The van der Waals surface area contributed by atoms with Gasteiger partial charge in [0.1, 0.15) is 0 Å². The molecule has 0 atom stereocenters. The van der Waals surface area contributed by atoms with Crippen LogP contribution in [-0.2, 0) is 0 Å². The monoisotopic (exact) mass is 392 g/mol. The molecule has 1 aromatic carbocycles. The largest absolute Gasteiger partial charge is 0.251 e. The molecule has 2 aliphatic rings. The first-order valence-electron chi connectivity index (χ1n) is 9.74. The number of rotatable bonds is 5. The second kappa shape index (κ2) is 9.17. The second-order valence-corrected chi connectivity index (χ2v) is 8.66. The van der Waals surface area contributed by atoms with Gasteiger partial charge in [0, 0.05) is 4.47 Å². The molecule has 3 rings (SSSR count). The van der Waals surface area contributed by atoms with E-state index in [1.807, 2.05) is 0 Å². The van der Waals surface area contributed by atoms with Crippen LogP contribution in [0.25, 0.3) is 0 Å². The Morgan fingerprint density at radius 1 is 0.875 bits per heavy atom. The molecule has 0 radical (unpaired) electrons. The van der Waals surface area contributed by atoms with Gasteiger partial charge in [-0.05, 0) is 99.2 Å². The summed E-state index contributed by atoms with van der Waals surface area (Å²) in [5, 5.41) is 0. The van der Waals surface area contributed by atoms with Gasteiger partial charge >= 0.3 is 0 Å². The second-order valence-electron chi connectivity index (χ2n) is 7.74. The lowest BCUT2D eigenvalue weighted by atomic mass is 9.68. The molecule has 2 fully saturated rings. The highest BCUT2D eigenvalue weighted by atomic mass is 79.9. The molecule has 2 heteroatoms. The summed E-state index contributed by atoms with van der Waals surface area (Å²) in [6, 6.07) is 8.95. The molecule has 0 aliphatic heterocycles. The van der Waals surface area contributed by atoms with Crippen LogP contribution in [-0.4, -0.2) is 6.67 Å². The Balaban J connectivity index is 1.43. The van der Waals surface area contributed by atoms with Crippen molar-refractivity contribution in [2.24, 2.45) is 17.8 Å². The van der Waals surface area contributed by atoms with Crippen LogP contribution < -0.4 is 0 Å². The summed E-state index contributed by atoms with van der Waals surface area (Å²) in [7, 11) is 0. The van der Waals surface area contributed by atoms with E-state index in [-0.39, 0.29) is 6.67 Å². The predicted molar refractivity (Wildman–Crippen MR) is 104 cm³/mol. The third kappa shape index (κ3) is 4.94. The molecule has 2 aliphatic carbocycles. The molecule has 0 spiro atoms. The van der Waals surface area contributed by atoms with E-state index in [0.29, 0.717) is 12.3 Å². The number of hydrogen-bond donors (Lipinski definition) is 0. The van der Waals surface area contributed by atoms with Gasteiger partial charge in [0.25, 0.3) is 0 Å². The molecule has 0 saturated heterocycles. The van der Waals surface area contributed by atoms with Crippen molar-refractivity contribution in [2.45, 2.75) is 63.7 Å². The number of allylic oxidation sites excluding steroid dienone is 2. The number of benzene rings is 1. The Hall–Kier alpha value is -0.630. The Labute approximate surface area is 155 Å². The van der Waals surface area contributed by atoms with Crippen LogP contribution in [0.2, 0.25) is 0 Å². The average molecular weight is 393 g/mol. The molecule has 132 valence electrons. The summed E-state index contributed by atoms with van der Waals surface area (Å²) in [6.07, 6.45) is 15.9. The minimum atomic E-state index is -0.215. The quantitative estimate of drug-likeness (QED) is 0.456. The first-order chi connectivity index (χ1) is 11.8. The third-order valence-corrected chi connectivity index (χ3v) is 6.81. The van der Waals surface area contributed by atoms with E-state index in [0.717, 1.165) is 17.8 Å². The SMILES string of the molecule is FCCC=CC1CCC(C2CCC(c3ccc(Br)cc3)CC2)CC1. The normalized spacial score (nSPS) is 31.4. The molecule has 1 aromatic rings. The van der Waals surface area contributed by atoms with E-state index in [2.05, 4.69) is 52.3 Å². The summed E-state index contributed by atoms with van der Waals surface area (Å²) in [5.74, 6) is 3.38. The van der Waals surface area contributed by atoms with E-state index in [9.17, 15) is 4.39 Å². The van der Waals surface area contributed by atoms with Crippen LogP contribution in [0.5, 0.6) is 0 Å². The highest BCUT2D eigenvalue weighted by Crippen LogP contribution is 2.44. The lowest BCUT2D eigenvalue weighted by Gasteiger charge is -2.37. The highest BCUT2D eigenvalue weighted by Gasteiger charge is 2.30. The number of alkyl halides is 1. The fourth-order valence-corrected chi connectivity index (χ4v) is 5.08. The fraction of sp³-hybridized carbons (Fsp3) is 0.636. The van der Waals surface area contributed by atoms with Gasteiger partial charge in [0.05, 0.1) is 6.67 Å². The van der Waals surface area contributed by atoms with E-state index in [1.165, 1.54) is 61.4 Å². The summed E-state index contributed by atoms with van der Waals surface area (Å²) in [6.45, 7) is -0.215. The predicted octanol–water partition coefficient (Wildman–Crippen LogP) is 7.45. The summed E-state index contributed by atoms with van der Waals surface area (Å²) in [4.78, 5) is 0. The first-order valence-corrected chi connectivity index (χ1v) is 10.5. The van der Waals surface area contributed by atoms with E-state index in [4.69, 9.17) is 0 Å². The molecule has 0 unspecified atom stereocenters. The maximum atomic E-state index is 12.2. The minimum Gasteiger partial charge on any atom is -0.251 e. The van der Waals surface area contributed by atoms with E-state index >= 15 is 0 Å². The van der Waals surface area contributed by atoms with Crippen molar-refractivity contribution in [3.63, 3.8) is 0 Å². The van der Waals surface area contributed by atoms with Crippen molar-refractivity contribution < 1.29 is 4.39 Å². The van der Waals surface area contributed by atoms with E-state index < -0.39 is 0 Å². The van der Waals surface area contributed by atoms with Gasteiger partial charge in [-0.1, -0.05) is 40.2 Å². The van der Waals surface area contributed by atoms with Gasteiger partial charge in [-0.15, -0.1) is 0 Å². The van der Waals surface area contributed by atoms with Crippen molar-refractivity contribution in [3.8, 4) is 0 Å².